The highest BCUT2D eigenvalue weighted by Crippen LogP contribution is 2.30. The molecular weight excluding hydrogens is 234 g/mol. The number of rotatable bonds is 3. The molecule has 1 fully saturated rings. The van der Waals surface area contributed by atoms with Crippen molar-refractivity contribution in [1.29, 1.82) is 0 Å². The monoisotopic (exact) mass is 259 g/mol. The van der Waals surface area contributed by atoms with Crippen molar-refractivity contribution in [3.63, 3.8) is 0 Å². The first kappa shape index (κ1) is 13.0. The van der Waals surface area contributed by atoms with Crippen molar-refractivity contribution in [2.45, 2.75) is 51.0 Å². The standard InChI is InChI=1S/C17H25NO/c1-18-16-7-4-13(5-8-16)11-14-6-9-17-15(12-14)3-2-10-19-17/h6,9,12-13,16,18H,2-5,7-8,10-11H2,1H3. The van der Waals surface area contributed by atoms with Crippen LogP contribution in [0.1, 0.15) is 43.2 Å². The van der Waals surface area contributed by atoms with Gasteiger partial charge >= 0.3 is 0 Å². The second-order valence-corrected chi connectivity index (χ2v) is 6.10. The number of nitrogens with one attached hydrogen (secondary N) is 1. The summed E-state index contributed by atoms with van der Waals surface area (Å²) in [7, 11) is 2.09. The Kier molecular flexibility index (Phi) is 4.07. The first-order valence-electron chi connectivity index (χ1n) is 7.77. The van der Waals surface area contributed by atoms with Gasteiger partial charge in [-0.2, -0.15) is 0 Å². The second-order valence-electron chi connectivity index (χ2n) is 6.10. The van der Waals surface area contributed by atoms with Crippen LogP contribution in [0.15, 0.2) is 18.2 Å². The van der Waals surface area contributed by atoms with Gasteiger partial charge in [0.2, 0.25) is 0 Å². The van der Waals surface area contributed by atoms with Crippen LogP contribution in [0.5, 0.6) is 5.75 Å². The predicted octanol–water partition coefficient (Wildman–Crippen LogP) is 3.33. The zero-order valence-corrected chi connectivity index (χ0v) is 12.0. The van der Waals surface area contributed by atoms with Gasteiger partial charge in [-0.15, -0.1) is 0 Å². The van der Waals surface area contributed by atoms with Crippen LogP contribution in [0.3, 0.4) is 0 Å². The molecule has 1 aromatic rings. The van der Waals surface area contributed by atoms with E-state index in [1.165, 1.54) is 56.1 Å². The van der Waals surface area contributed by atoms with Gasteiger partial charge in [-0.25, -0.2) is 0 Å². The zero-order valence-electron chi connectivity index (χ0n) is 12.0. The van der Waals surface area contributed by atoms with Gasteiger partial charge in [0.1, 0.15) is 5.75 Å². The first-order valence-corrected chi connectivity index (χ1v) is 7.77. The fourth-order valence-electron chi connectivity index (χ4n) is 3.53. The minimum absolute atomic E-state index is 0.758. The molecule has 2 nitrogen and oxygen atoms in total. The normalized spacial score (nSPS) is 26.6. The van der Waals surface area contributed by atoms with E-state index in [0.717, 1.165) is 24.3 Å². The number of ether oxygens (including phenoxy) is 1. The Morgan fingerprint density at radius 2 is 2.05 bits per heavy atom. The molecule has 0 radical (unpaired) electrons. The van der Waals surface area contributed by atoms with E-state index >= 15 is 0 Å². The number of fused-ring (bicyclic) bond motifs is 1. The van der Waals surface area contributed by atoms with Crippen molar-refractivity contribution >= 4 is 0 Å². The van der Waals surface area contributed by atoms with Gasteiger partial charge in [0.05, 0.1) is 6.61 Å². The minimum Gasteiger partial charge on any atom is -0.493 e. The topological polar surface area (TPSA) is 21.3 Å². The molecule has 1 aromatic carbocycles. The van der Waals surface area contributed by atoms with Crippen LogP contribution in [0.2, 0.25) is 0 Å². The molecule has 104 valence electrons. The molecule has 1 heterocycles. The van der Waals surface area contributed by atoms with E-state index in [0.29, 0.717) is 0 Å². The summed E-state index contributed by atoms with van der Waals surface area (Å²) < 4.78 is 5.69. The molecule has 0 saturated heterocycles. The van der Waals surface area contributed by atoms with E-state index < -0.39 is 0 Å². The van der Waals surface area contributed by atoms with Crippen LogP contribution in [-0.4, -0.2) is 19.7 Å². The third-order valence-corrected chi connectivity index (χ3v) is 4.75. The van der Waals surface area contributed by atoms with E-state index in [4.69, 9.17) is 4.74 Å². The Balaban J connectivity index is 1.61. The van der Waals surface area contributed by atoms with E-state index in [1.807, 2.05) is 0 Å². The van der Waals surface area contributed by atoms with Gasteiger partial charge in [0, 0.05) is 6.04 Å². The largest absolute Gasteiger partial charge is 0.493 e. The number of hydrogen-bond donors (Lipinski definition) is 1. The SMILES string of the molecule is CNC1CCC(Cc2ccc3c(c2)CCCO3)CC1. The maximum atomic E-state index is 5.69. The molecule has 1 saturated carbocycles. The molecule has 3 rings (SSSR count). The van der Waals surface area contributed by atoms with Crippen LogP contribution in [0, 0.1) is 5.92 Å². The fraction of sp³-hybridized carbons (Fsp3) is 0.647. The molecule has 0 bridgehead atoms. The fourth-order valence-corrected chi connectivity index (χ4v) is 3.53. The van der Waals surface area contributed by atoms with Crippen molar-refractivity contribution in [2.75, 3.05) is 13.7 Å². The summed E-state index contributed by atoms with van der Waals surface area (Å²) in [5.74, 6) is 2.00. The molecular formula is C17H25NO. The highest BCUT2D eigenvalue weighted by molar-refractivity contribution is 5.38. The molecule has 1 aliphatic heterocycles. The molecule has 2 aliphatic rings. The molecule has 0 aromatic heterocycles. The van der Waals surface area contributed by atoms with E-state index in [9.17, 15) is 0 Å². The lowest BCUT2D eigenvalue weighted by Crippen LogP contribution is -2.30. The number of hydrogen-bond acceptors (Lipinski definition) is 2. The minimum atomic E-state index is 0.758. The summed E-state index contributed by atoms with van der Waals surface area (Å²) in [6.07, 6.45) is 9.05. The molecule has 1 N–H and O–H groups in total. The van der Waals surface area contributed by atoms with Crippen molar-refractivity contribution in [1.82, 2.24) is 5.32 Å². The molecule has 1 aliphatic carbocycles. The Morgan fingerprint density at radius 1 is 1.21 bits per heavy atom. The molecule has 0 amide bonds. The third kappa shape index (κ3) is 3.11. The average molecular weight is 259 g/mol. The Hall–Kier alpha value is -1.02. The van der Waals surface area contributed by atoms with Crippen molar-refractivity contribution in [3.8, 4) is 5.75 Å². The van der Waals surface area contributed by atoms with E-state index in [1.54, 1.807) is 0 Å². The lowest BCUT2D eigenvalue weighted by molar-refractivity contribution is 0.287. The zero-order chi connectivity index (χ0) is 13.1. The van der Waals surface area contributed by atoms with E-state index in [-0.39, 0.29) is 0 Å². The third-order valence-electron chi connectivity index (χ3n) is 4.75. The second kappa shape index (κ2) is 5.96. The maximum absolute atomic E-state index is 5.69. The first-order chi connectivity index (χ1) is 9.35. The van der Waals surface area contributed by atoms with Gasteiger partial charge in [-0.05, 0) is 75.1 Å². The lowest BCUT2D eigenvalue weighted by Gasteiger charge is -2.28. The van der Waals surface area contributed by atoms with Gasteiger partial charge in [-0.3, -0.25) is 0 Å². The molecule has 0 spiro atoms. The summed E-state index contributed by atoms with van der Waals surface area (Å²) in [5, 5.41) is 3.41. The molecule has 0 atom stereocenters. The Morgan fingerprint density at radius 3 is 2.84 bits per heavy atom. The average Bonchev–Trinajstić information content (AvgIpc) is 2.48. The number of aryl methyl sites for hydroxylation is 1. The molecule has 2 heteroatoms. The highest BCUT2D eigenvalue weighted by atomic mass is 16.5. The Labute approximate surface area is 116 Å². The quantitative estimate of drug-likeness (QED) is 0.899. The van der Waals surface area contributed by atoms with Gasteiger partial charge in [0.25, 0.3) is 0 Å². The van der Waals surface area contributed by atoms with Crippen LogP contribution >= 0.6 is 0 Å². The van der Waals surface area contributed by atoms with Crippen LogP contribution in [0.25, 0.3) is 0 Å². The molecule has 0 unspecified atom stereocenters. The van der Waals surface area contributed by atoms with Gasteiger partial charge in [0.15, 0.2) is 0 Å². The predicted molar refractivity (Wildman–Crippen MR) is 78.8 cm³/mol. The summed E-state index contributed by atoms with van der Waals surface area (Å²) in [4.78, 5) is 0. The van der Waals surface area contributed by atoms with Crippen LogP contribution < -0.4 is 10.1 Å². The summed E-state index contributed by atoms with van der Waals surface area (Å²) in [5.41, 5.74) is 2.94. The lowest BCUT2D eigenvalue weighted by atomic mass is 9.82. The van der Waals surface area contributed by atoms with Crippen LogP contribution in [0.4, 0.5) is 0 Å². The number of benzene rings is 1. The highest BCUT2D eigenvalue weighted by Gasteiger charge is 2.20. The maximum Gasteiger partial charge on any atom is 0.122 e. The van der Waals surface area contributed by atoms with Crippen molar-refractivity contribution in [2.24, 2.45) is 5.92 Å². The smallest absolute Gasteiger partial charge is 0.122 e. The van der Waals surface area contributed by atoms with Crippen molar-refractivity contribution < 1.29 is 4.74 Å². The Bertz CT molecular complexity index is 421. The van der Waals surface area contributed by atoms with Crippen molar-refractivity contribution in [3.05, 3.63) is 29.3 Å². The van der Waals surface area contributed by atoms with Gasteiger partial charge in [-0.1, -0.05) is 12.1 Å². The summed E-state index contributed by atoms with van der Waals surface area (Å²) in [6.45, 7) is 0.889. The van der Waals surface area contributed by atoms with Crippen LogP contribution in [-0.2, 0) is 12.8 Å². The molecule has 19 heavy (non-hydrogen) atoms. The summed E-state index contributed by atoms with van der Waals surface area (Å²) in [6, 6.07) is 7.60. The summed E-state index contributed by atoms with van der Waals surface area (Å²) >= 11 is 0. The van der Waals surface area contributed by atoms with E-state index in [2.05, 4.69) is 30.6 Å². The van der Waals surface area contributed by atoms with Gasteiger partial charge < -0.3 is 10.1 Å².